The van der Waals surface area contributed by atoms with Crippen molar-refractivity contribution in [2.75, 3.05) is 5.32 Å². The summed E-state index contributed by atoms with van der Waals surface area (Å²) in [5.41, 5.74) is -1.37. The van der Waals surface area contributed by atoms with Gasteiger partial charge in [-0.2, -0.15) is 13.9 Å². The summed E-state index contributed by atoms with van der Waals surface area (Å²) in [6.07, 6.45) is 1.01. The van der Waals surface area contributed by atoms with Crippen molar-refractivity contribution in [3.63, 3.8) is 0 Å². The van der Waals surface area contributed by atoms with E-state index in [4.69, 9.17) is 0 Å². The van der Waals surface area contributed by atoms with Gasteiger partial charge in [-0.05, 0) is 12.1 Å². The van der Waals surface area contributed by atoms with Gasteiger partial charge in [0.25, 0.3) is 5.91 Å². The molecule has 1 N–H and O–H groups in total. The van der Waals surface area contributed by atoms with Crippen molar-refractivity contribution in [3.05, 3.63) is 46.0 Å². The summed E-state index contributed by atoms with van der Waals surface area (Å²) in [5, 5.41) is 16.6. The summed E-state index contributed by atoms with van der Waals surface area (Å²) in [7, 11) is 1.37. The fraction of sp³-hybridized carbons (Fsp3) is 0.167. The molecular weight excluding hydrogens is 321 g/mol. The van der Waals surface area contributed by atoms with E-state index in [1.54, 1.807) is 0 Å². The van der Waals surface area contributed by atoms with Gasteiger partial charge < -0.3 is 10.1 Å². The quantitative estimate of drug-likeness (QED) is 0.670. The molecule has 0 saturated carbocycles. The second kappa shape index (κ2) is 6.34. The van der Waals surface area contributed by atoms with E-state index >= 15 is 0 Å². The van der Waals surface area contributed by atoms with Crippen LogP contribution in [0.15, 0.2) is 24.4 Å². The lowest BCUT2D eigenvalue weighted by atomic mass is 10.2. The molecule has 0 radical (unpaired) electrons. The number of alkyl halides is 2. The Hall–Kier alpha value is -3.11. The Morgan fingerprint density at radius 3 is 2.78 bits per heavy atom. The van der Waals surface area contributed by atoms with E-state index in [-0.39, 0.29) is 5.69 Å². The molecule has 1 amide bonds. The number of nitro groups is 1. The SMILES string of the molecule is Cn1cc([N+](=O)[O-])c(C(=O)Nc2ccc(F)cc2OC(F)F)n1. The summed E-state index contributed by atoms with van der Waals surface area (Å²) in [6.45, 7) is -3.24. The summed E-state index contributed by atoms with van der Waals surface area (Å²) in [5.74, 6) is -2.50. The van der Waals surface area contributed by atoms with Crippen LogP contribution in [0.5, 0.6) is 5.75 Å². The highest BCUT2D eigenvalue weighted by Crippen LogP contribution is 2.28. The van der Waals surface area contributed by atoms with Gasteiger partial charge in [0.05, 0.1) is 10.6 Å². The smallest absolute Gasteiger partial charge is 0.387 e. The average molecular weight is 330 g/mol. The van der Waals surface area contributed by atoms with Crippen LogP contribution in [0, 0.1) is 15.9 Å². The first-order valence-electron chi connectivity index (χ1n) is 6.01. The number of nitrogens with zero attached hydrogens (tertiary/aromatic N) is 3. The molecule has 2 aromatic rings. The van der Waals surface area contributed by atoms with Crippen molar-refractivity contribution in [2.45, 2.75) is 6.61 Å². The number of hydrogen-bond acceptors (Lipinski definition) is 5. The van der Waals surface area contributed by atoms with Gasteiger partial charge in [-0.3, -0.25) is 19.6 Å². The molecule has 1 aromatic carbocycles. The molecule has 1 heterocycles. The van der Waals surface area contributed by atoms with Crippen LogP contribution in [-0.4, -0.2) is 27.2 Å². The average Bonchev–Trinajstić information content (AvgIpc) is 2.83. The van der Waals surface area contributed by atoms with Crippen LogP contribution in [0.1, 0.15) is 10.5 Å². The van der Waals surface area contributed by atoms with E-state index in [1.807, 2.05) is 0 Å². The predicted molar refractivity (Wildman–Crippen MR) is 70.8 cm³/mol. The topological polar surface area (TPSA) is 99.3 Å². The standard InChI is InChI=1S/C12H9F3N4O4/c1-18-5-8(19(21)22)10(17-18)11(20)16-7-3-2-6(13)4-9(7)23-12(14)15/h2-5,12H,1H3,(H,16,20). The molecule has 0 aliphatic carbocycles. The van der Waals surface area contributed by atoms with Crippen LogP contribution in [0.25, 0.3) is 0 Å². The van der Waals surface area contributed by atoms with E-state index in [9.17, 15) is 28.1 Å². The lowest BCUT2D eigenvalue weighted by Crippen LogP contribution is -2.16. The molecule has 11 heteroatoms. The number of carbonyl (C=O) groups is 1. The van der Waals surface area contributed by atoms with Gasteiger partial charge in [-0.15, -0.1) is 0 Å². The van der Waals surface area contributed by atoms with Gasteiger partial charge in [-0.1, -0.05) is 0 Å². The van der Waals surface area contributed by atoms with Crippen LogP contribution in [0.3, 0.4) is 0 Å². The van der Waals surface area contributed by atoms with Crippen LogP contribution in [0.4, 0.5) is 24.5 Å². The molecule has 23 heavy (non-hydrogen) atoms. The number of carbonyl (C=O) groups excluding carboxylic acids is 1. The Morgan fingerprint density at radius 2 is 2.17 bits per heavy atom. The summed E-state index contributed by atoms with van der Waals surface area (Å²) in [6, 6.07) is 2.54. The number of benzene rings is 1. The first kappa shape index (κ1) is 16.3. The van der Waals surface area contributed by atoms with E-state index < -0.39 is 40.4 Å². The molecule has 0 spiro atoms. The lowest BCUT2D eigenvalue weighted by molar-refractivity contribution is -0.385. The zero-order chi connectivity index (χ0) is 17.1. The molecular formula is C12H9F3N4O4. The second-order valence-corrected chi connectivity index (χ2v) is 4.27. The fourth-order valence-electron chi connectivity index (χ4n) is 1.75. The third-order valence-corrected chi connectivity index (χ3v) is 2.63. The Kier molecular flexibility index (Phi) is 4.48. The molecule has 0 fully saturated rings. The molecule has 0 unspecified atom stereocenters. The maximum atomic E-state index is 13.1. The zero-order valence-electron chi connectivity index (χ0n) is 11.5. The predicted octanol–water partition coefficient (Wildman–Crippen LogP) is 2.32. The van der Waals surface area contributed by atoms with E-state index in [0.29, 0.717) is 6.07 Å². The molecule has 2 rings (SSSR count). The molecule has 0 aliphatic rings. The fourth-order valence-corrected chi connectivity index (χ4v) is 1.75. The molecule has 0 bridgehead atoms. The highest BCUT2D eigenvalue weighted by molar-refractivity contribution is 6.06. The maximum Gasteiger partial charge on any atom is 0.387 e. The van der Waals surface area contributed by atoms with Crippen molar-refractivity contribution in [3.8, 4) is 5.75 Å². The van der Waals surface area contributed by atoms with E-state index in [0.717, 1.165) is 23.0 Å². The van der Waals surface area contributed by atoms with Crippen LogP contribution < -0.4 is 10.1 Å². The first-order chi connectivity index (χ1) is 10.8. The molecule has 0 saturated heterocycles. The van der Waals surface area contributed by atoms with Gasteiger partial charge in [0, 0.05) is 13.1 Å². The highest BCUT2D eigenvalue weighted by atomic mass is 19.3. The zero-order valence-corrected chi connectivity index (χ0v) is 11.5. The van der Waals surface area contributed by atoms with Crippen LogP contribution >= 0.6 is 0 Å². The van der Waals surface area contributed by atoms with Crippen LogP contribution in [0.2, 0.25) is 0 Å². The summed E-state index contributed by atoms with van der Waals surface area (Å²) in [4.78, 5) is 22.1. The molecule has 1 aromatic heterocycles. The minimum atomic E-state index is -3.24. The lowest BCUT2D eigenvalue weighted by Gasteiger charge is -2.11. The van der Waals surface area contributed by atoms with Gasteiger partial charge in [0.15, 0.2) is 5.75 Å². The number of anilines is 1. The second-order valence-electron chi connectivity index (χ2n) is 4.27. The van der Waals surface area contributed by atoms with Crippen molar-refractivity contribution >= 4 is 17.3 Å². The Morgan fingerprint density at radius 1 is 1.48 bits per heavy atom. The summed E-state index contributed by atoms with van der Waals surface area (Å²) < 4.78 is 42.8. The van der Waals surface area contributed by atoms with Gasteiger partial charge in [-0.25, -0.2) is 4.39 Å². The van der Waals surface area contributed by atoms with Crippen molar-refractivity contribution < 1.29 is 27.6 Å². The molecule has 122 valence electrons. The minimum absolute atomic E-state index is 0.281. The third-order valence-electron chi connectivity index (χ3n) is 2.63. The Labute approximate surface area is 126 Å². The van der Waals surface area contributed by atoms with Gasteiger partial charge >= 0.3 is 12.3 Å². The largest absolute Gasteiger partial charge is 0.432 e. The number of ether oxygens (including phenoxy) is 1. The maximum absolute atomic E-state index is 13.1. The van der Waals surface area contributed by atoms with E-state index in [1.165, 1.54) is 7.05 Å². The van der Waals surface area contributed by atoms with Gasteiger partial charge in [0.1, 0.15) is 12.0 Å². The normalized spacial score (nSPS) is 10.7. The van der Waals surface area contributed by atoms with E-state index in [2.05, 4.69) is 15.2 Å². The Balaban J connectivity index is 2.32. The van der Waals surface area contributed by atoms with Gasteiger partial charge in [0.2, 0.25) is 5.69 Å². The monoisotopic (exact) mass is 330 g/mol. The number of aromatic nitrogens is 2. The number of nitrogens with one attached hydrogen (secondary N) is 1. The molecule has 0 aliphatic heterocycles. The number of halogens is 3. The minimum Gasteiger partial charge on any atom is -0.432 e. The van der Waals surface area contributed by atoms with Crippen LogP contribution in [-0.2, 0) is 7.05 Å². The Bertz CT molecular complexity index is 763. The first-order valence-corrected chi connectivity index (χ1v) is 6.01. The summed E-state index contributed by atoms with van der Waals surface area (Å²) >= 11 is 0. The van der Waals surface area contributed by atoms with Crippen molar-refractivity contribution in [2.24, 2.45) is 7.05 Å². The van der Waals surface area contributed by atoms with Crippen molar-refractivity contribution in [1.82, 2.24) is 9.78 Å². The molecule has 8 nitrogen and oxygen atoms in total. The highest BCUT2D eigenvalue weighted by Gasteiger charge is 2.26. The third kappa shape index (κ3) is 3.75. The van der Waals surface area contributed by atoms with Crippen molar-refractivity contribution in [1.29, 1.82) is 0 Å². The number of amides is 1. The number of hydrogen-bond donors (Lipinski definition) is 1. The number of aryl methyl sites for hydroxylation is 1. The molecule has 0 atom stereocenters. The number of rotatable bonds is 5.